The van der Waals surface area contributed by atoms with Crippen molar-refractivity contribution < 1.29 is 4.79 Å². The summed E-state index contributed by atoms with van der Waals surface area (Å²) in [7, 11) is 0. The maximum absolute atomic E-state index is 11.5. The molecule has 1 atom stereocenters. The molecule has 0 saturated carbocycles. The lowest BCUT2D eigenvalue weighted by molar-refractivity contribution is 0.197. The normalized spacial score (nSPS) is 21.7. The Bertz CT molecular complexity index is 218. The van der Waals surface area contributed by atoms with Crippen LogP contribution in [0.5, 0.6) is 0 Å². The molecule has 1 aliphatic rings. The topological polar surface area (TPSA) is 32.3 Å². The maximum Gasteiger partial charge on any atom is 0.317 e. The number of carbonyl (C=O) groups is 1. The summed E-state index contributed by atoms with van der Waals surface area (Å²) in [6, 6.07) is 0.397. The molecule has 13 heavy (non-hydrogen) atoms. The van der Waals surface area contributed by atoms with E-state index >= 15 is 0 Å². The Morgan fingerprint density at radius 1 is 1.77 bits per heavy atom. The number of hydrogen-bond donors (Lipinski definition) is 1. The zero-order chi connectivity index (χ0) is 9.84. The molecule has 1 rings (SSSR count). The Hall–Kier alpha value is -0.510. The van der Waals surface area contributed by atoms with Crippen molar-refractivity contribution in [2.75, 3.05) is 13.1 Å². The molecule has 74 valence electrons. The van der Waals surface area contributed by atoms with Crippen LogP contribution in [0.15, 0.2) is 11.1 Å². The van der Waals surface area contributed by atoms with E-state index in [0.717, 1.165) is 23.9 Å². The number of nitrogens with one attached hydrogen (secondary N) is 1. The number of nitrogens with zero attached hydrogens (tertiary/aromatic N) is 1. The summed E-state index contributed by atoms with van der Waals surface area (Å²) >= 11 is 3.20. The van der Waals surface area contributed by atoms with Crippen molar-refractivity contribution in [3.8, 4) is 0 Å². The number of hydrogen-bond acceptors (Lipinski definition) is 1. The van der Waals surface area contributed by atoms with Gasteiger partial charge in [0.2, 0.25) is 0 Å². The van der Waals surface area contributed by atoms with Crippen molar-refractivity contribution in [3.05, 3.63) is 11.1 Å². The van der Waals surface area contributed by atoms with Crippen LogP contribution in [0, 0.1) is 0 Å². The van der Waals surface area contributed by atoms with Crippen LogP contribution in [0.4, 0.5) is 4.79 Å². The lowest BCUT2D eigenvalue weighted by Crippen LogP contribution is -2.42. The molecule has 1 heterocycles. The van der Waals surface area contributed by atoms with Crippen molar-refractivity contribution in [1.82, 2.24) is 10.2 Å². The summed E-state index contributed by atoms with van der Waals surface area (Å²) in [5, 5.41) is 2.80. The second-order valence-electron chi connectivity index (χ2n) is 3.36. The van der Waals surface area contributed by atoms with Gasteiger partial charge in [0.05, 0.1) is 6.54 Å². The highest BCUT2D eigenvalue weighted by Crippen LogP contribution is 2.16. The van der Waals surface area contributed by atoms with Crippen molar-refractivity contribution in [1.29, 1.82) is 0 Å². The first-order valence-corrected chi connectivity index (χ1v) is 5.28. The van der Waals surface area contributed by atoms with Gasteiger partial charge < -0.3 is 10.2 Å². The van der Waals surface area contributed by atoms with Gasteiger partial charge in [0, 0.05) is 17.1 Å². The predicted molar refractivity (Wildman–Crippen MR) is 56.9 cm³/mol. The first-order chi connectivity index (χ1) is 6.11. The van der Waals surface area contributed by atoms with Crippen LogP contribution < -0.4 is 5.32 Å². The van der Waals surface area contributed by atoms with Gasteiger partial charge in [0.1, 0.15) is 0 Å². The average molecular weight is 247 g/mol. The predicted octanol–water partition coefficient (Wildman–Crippen LogP) is 2.09. The van der Waals surface area contributed by atoms with Gasteiger partial charge in [0.25, 0.3) is 0 Å². The monoisotopic (exact) mass is 246 g/mol. The first-order valence-electron chi connectivity index (χ1n) is 4.49. The average Bonchev–Trinajstić information content (AvgIpc) is 2.47. The molecular weight excluding hydrogens is 232 g/mol. The van der Waals surface area contributed by atoms with E-state index < -0.39 is 0 Å². The molecule has 0 spiro atoms. The molecule has 1 fully saturated rings. The Labute approximate surface area is 87.3 Å². The highest BCUT2D eigenvalue weighted by molar-refractivity contribution is 9.11. The smallest absolute Gasteiger partial charge is 0.317 e. The fraction of sp³-hybridized carbons (Fsp3) is 0.667. The van der Waals surface area contributed by atoms with E-state index in [4.69, 9.17) is 0 Å². The van der Waals surface area contributed by atoms with Crippen LogP contribution in [-0.4, -0.2) is 30.1 Å². The molecule has 1 unspecified atom stereocenters. The summed E-state index contributed by atoms with van der Waals surface area (Å²) in [5.41, 5.74) is 0. The van der Waals surface area contributed by atoms with E-state index in [9.17, 15) is 4.79 Å². The first kappa shape index (κ1) is 10.6. The second-order valence-corrected chi connectivity index (χ2v) is 4.48. The molecule has 4 heteroatoms. The summed E-state index contributed by atoms with van der Waals surface area (Å²) in [6.45, 7) is 7.11. The number of amides is 2. The molecule has 0 bridgehead atoms. The molecule has 0 aromatic rings. The van der Waals surface area contributed by atoms with Gasteiger partial charge in [-0.3, -0.25) is 0 Å². The molecule has 0 aliphatic carbocycles. The fourth-order valence-corrected chi connectivity index (χ4v) is 1.65. The SMILES string of the molecule is C=C(Br)CNC(=O)N1CCCC1C. The Morgan fingerprint density at radius 3 is 2.92 bits per heavy atom. The van der Waals surface area contributed by atoms with Crippen LogP contribution in [0.25, 0.3) is 0 Å². The maximum atomic E-state index is 11.5. The lowest BCUT2D eigenvalue weighted by Gasteiger charge is -2.21. The lowest BCUT2D eigenvalue weighted by atomic mass is 10.2. The van der Waals surface area contributed by atoms with Crippen LogP contribution in [-0.2, 0) is 0 Å². The zero-order valence-corrected chi connectivity index (χ0v) is 9.43. The highest BCUT2D eigenvalue weighted by Gasteiger charge is 2.24. The molecule has 2 amide bonds. The Kier molecular flexibility index (Phi) is 3.78. The van der Waals surface area contributed by atoms with E-state index in [-0.39, 0.29) is 6.03 Å². The van der Waals surface area contributed by atoms with Gasteiger partial charge in [0.15, 0.2) is 0 Å². The Balaban J connectivity index is 2.34. The minimum atomic E-state index is 0.0191. The minimum absolute atomic E-state index is 0.0191. The fourth-order valence-electron chi connectivity index (χ4n) is 1.51. The summed E-state index contributed by atoms with van der Waals surface area (Å²) < 4.78 is 0.799. The van der Waals surface area contributed by atoms with Gasteiger partial charge in [-0.2, -0.15) is 0 Å². The molecular formula is C9H15BrN2O. The van der Waals surface area contributed by atoms with Crippen molar-refractivity contribution >= 4 is 22.0 Å². The number of halogens is 1. The third-order valence-corrected chi connectivity index (χ3v) is 2.53. The molecule has 3 nitrogen and oxygen atoms in total. The van der Waals surface area contributed by atoms with E-state index in [1.165, 1.54) is 0 Å². The van der Waals surface area contributed by atoms with E-state index in [2.05, 4.69) is 34.7 Å². The number of likely N-dealkylation sites (tertiary alicyclic amines) is 1. The van der Waals surface area contributed by atoms with Gasteiger partial charge in [-0.25, -0.2) is 4.79 Å². The largest absolute Gasteiger partial charge is 0.333 e. The molecule has 0 radical (unpaired) electrons. The summed E-state index contributed by atoms with van der Waals surface area (Å²) in [5.74, 6) is 0. The molecule has 0 aromatic carbocycles. The molecule has 1 saturated heterocycles. The van der Waals surface area contributed by atoms with Crippen LogP contribution in [0.2, 0.25) is 0 Å². The van der Waals surface area contributed by atoms with Crippen molar-refractivity contribution in [2.24, 2.45) is 0 Å². The highest BCUT2D eigenvalue weighted by atomic mass is 79.9. The van der Waals surface area contributed by atoms with Crippen LogP contribution in [0.1, 0.15) is 19.8 Å². The number of urea groups is 1. The number of rotatable bonds is 2. The molecule has 1 N–H and O–H groups in total. The zero-order valence-electron chi connectivity index (χ0n) is 7.85. The quantitative estimate of drug-likeness (QED) is 0.796. The second kappa shape index (κ2) is 4.65. The van der Waals surface area contributed by atoms with Gasteiger partial charge in [-0.05, 0) is 19.8 Å². The molecule has 0 aromatic heterocycles. The van der Waals surface area contributed by atoms with E-state index in [1.54, 1.807) is 0 Å². The third kappa shape index (κ3) is 3.03. The number of carbonyl (C=O) groups excluding carboxylic acids is 1. The standard InChI is InChI=1S/C9H15BrN2O/c1-7(10)6-11-9(13)12-5-3-4-8(12)2/h8H,1,3-6H2,2H3,(H,11,13). The molecule has 1 aliphatic heterocycles. The van der Waals surface area contributed by atoms with Crippen molar-refractivity contribution in [3.63, 3.8) is 0 Å². The summed E-state index contributed by atoms with van der Waals surface area (Å²) in [4.78, 5) is 13.4. The summed E-state index contributed by atoms with van der Waals surface area (Å²) in [6.07, 6.45) is 2.23. The third-order valence-electron chi connectivity index (χ3n) is 2.25. The minimum Gasteiger partial charge on any atom is -0.333 e. The Morgan fingerprint density at radius 2 is 2.46 bits per heavy atom. The van der Waals surface area contributed by atoms with Crippen LogP contribution >= 0.6 is 15.9 Å². The van der Waals surface area contributed by atoms with Gasteiger partial charge in [-0.1, -0.05) is 22.5 Å². The van der Waals surface area contributed by atoms with E-state index in [1.807, 2.05) is 4.90 Å². The van der Waals surface area contributed by atoms with Crippen molar-refractivity contribution in [2.45, 2.75) is 25.8 Å². The van der Waals surface area contributed by atoms with Gasteiger partial charge in [-0.15, -0.1) is 0 Å². The van der Waals surface area contributed by atoms with E-state index in [0.29, 0.717) is 12.6 Å². The van der Waals surface area contributed by atoms with Gasteiger partial charge >= 0.3 is 6.03 Å². The van der Waals surface area contributed by atoms with Crippen LogP contribution in [0.3, 0.4) is 0 Å².